The van der Waals surface area contributed by atoms with Gasteiger partial charge in [0, 0.05) is 15.4 Å². The maximum atomic E-state index is 4.69. The molecule has 2 N–H and O–H groups in total. The lowest BCUT2D eigenvalue weighted by atomic mass is 10.2. The van der Waals surface area contributed by atoms with Crippen LogP contribution in [0.2, 0.25) is 0 Å². The minimum Gasteiger partial charge on any atom is -0.307 e. The lowest BCUT2D eigenvalue weighted by molar-refractivity contribution is 1.04. The standard InChI is InChI=1S/C17H13BrN6.CH3I/c1-10-19-17(24-23-10)22-16-12-7-3-5-9-14(12)20-15(21-16)11-6-2-4-8-13(11)18;1-2/h2-9H,1H3,(H2,19,20,21,22,23,24);1H3. The molecule has 0 atom stereocenters. The summed E-state index contributed by atoms with van der Waals surface area (Å²) >= 11 is 5.71. The number of nitrogens with one attached hydrogen (secondary N) is 2. The van der Waals surface area contributed by atoms with E-state index in [1.807, 2.05) is 60.4 Å². The molecule has 2 aromatic carbocycles. The van der Waals surface area contributed by atoms with Gasteiger partial charge >= 0.3 is 0 Å². The van der Waals surface area contributed by atoms with Gasteiger partial charge in [-0.1, -0.05) is 68.9 Å². The molecule has 0 saturated carbocycles. The molecule has 0 unspecified atom stereocenters. The van der Waals surface area contributed by atoms with E-state index >= 15 is 0 Å². The van der Waals surface area contributed by atoms with Gasteiger partial charge in [-0.25, -0.2) is 9.97 Å². The summed E-state index contributed by atoms with van der Waals surface area (Å²) in [6.45, 7) is 1.85. The fourth-order valence-corrected chi connectivity index (χ4v) is 2.90. The third kappa shape index (κ3) is 4.01. The van der Waals surface area contributed by atoms with Crippen LogP contribution in [0.25, 0.3) is 22.3 Å². The number of nitrogens with zero attached hydrogens (tertiary/aromatic N) is 4. The lowest BCUT2D eigenvalue weighted by Gasteiger charge is -2.09. The number of hydrogen-bond donors (Lipinski definition) is 2. The molecule has 4 aromatic rings. The van der Waals surface area contributed by atoms with Gasteiger partial charge in [0.25, 0.3) is 0 Å². The van der Waals surface area contributed by atoms with Crippen molar-refractivity contribution >= 4 is 61.2 Å². The van der Waals surface area contributed by atoms with Crippen molar-refractivity contribution in [2.45, 2.75) is 6.92 Å². The number of anilines is 2. The van der Waals surface area contributed by atoms with E-state index in [-0.39, 0.29) is 0 Å². The van der Waals surface area contributed by atoms with E-state index < -0.39 is 0 Å². The van der Waals surface area contributed by atoms with Gasteiger partial charge in [-0.05, 0) is 30.1 Å². The zero-order valence-electron chi connectivity index (χ0n) is 14.2. The van der Waals surface area contributed by atoms with E-state index in [9.17, 15) is 0 Å². The second-order valence-electron chi connectivity index (χ2n) is 5.26. The molecule has 0 saturated heterocycles. The van der Waals surface area contributed by atoms with Gasteiger partial charge in [0.2, 0.25) is 5.95 Å². The minimum absolute atomic E-state index is 0.481. The van der Waals surface area contributed by atoms with Crippen LogP contribution >= 0.6 is 38.5 Å². The van der Waals surface area contributed by atoms with Crippen LogP contribution < -0.4 is 5.32 Å². The molecule has 6 nitrogen and oxygen atoms in total. The van der Waals surface area contributed by atoms with Crippen molar-refractivity contribution in [3.63, 3.8) is 0 Å². The molecule has 0 bridgehead atoms. The molecule has 4 rings (SSSR count). The van der Waals surface area contributed by atoms with Crippen molar-refractivity contribution in [1.29, 1.82) is 0 Å². The molecular formula is C18H16BrIN6. The number of hydrogen-bond acceptors (Lipinski definition) is 5. The quantitative estimate of drug-likeness (QED) is 0.282. The number of aromatic amines is 1. The first-order chi connectivity index (χ1) is 12.7. The van der Waals surface area contributed by atoms with Crippen LogP contribution in [0.5, 0.6) is 0 Å². The van der Waals surface area contributed by atoms with Crippen LogP contribution in [0, 0.1) is 6.92 Å². The van der Waals surface area contributed by atoms with Gasteiger partial charge < -0.3 is 5.32 Å². The Morgan fingerprint density at radius 1 is 0.962 bits per heavy atom. The third-order valence-electron chi connectivity index (χ3n) is 3.55. The summed E-state index contributed by atoms with van der Waals surface area (Å²) < 4.78 is 0.944. The van der Waals surface area contributed by atoms with Gasteiger partial charge in [0.1, 0.15) is 11.6 Å². The summed E-state index contributed by atoms with van der Waals surface area (Å²) in [5, 5.41) is 11.0. The summed E-state index contributed by atoms with van der Waals surface area (Å²) in [4.78, 5) is 15.6. The molecule has 0 aliphatic carbocycles. The molecule has 0 fully saturated rings. The highest BCUT2D eigenvalue weighted by atomic mass is 127. The molecule has 132 valence electrons. The van der Waals surface area contributed by atoms with Gasteiger partial charge in [-0.2, -0.15) is 4.98 Å². The fourth-order valence-electron chi connectivity index (χ4n) is 2.44. The van der Waals surface area contributed by atoms with Crippen molar-refractivity contribution in [3.8, 4) is 11.4 Å². The number of fused-ring (bicyclic) bond motifs is 1. The first kappa shape index (κ1) is 18.7. The van der Waals surface area contributed by atoms with Crippen LogP contribution in [-0.4, -0.2) is 30.1 Å². The average Bonchev–Trinajstić information content (AvgIpc) is 3.08. The first-order valence-electron chi connectivity index (χ1n) is 7.76. The molecule has 0 amide bonds. The van der Waals surface area contributed by atoms with Crippen molar-refractivity contribution in [1.82, 2.24) is 25.1 Å². The Balaban J connectivity index is 0.000000948. The first-order valence-corrected chi connectivity index (χ1v) is 10.7. The topological polar surface area (TPSA) is 79.4 Å². The Labute approximate surface area is 173 Å². The second-order valence-corrected chi connectivity index (χ2v) is 6.12. The molecule has 26 heavy (non-hydrogen) atoms. The molecule has 0 spiro atoms. The maximum absolute atomic E-state index is 4.69. The average molecular weight is 523 g/mol. The Kier molecular flexibility index (Phi) is 6.15. The normalized spacial score (nSPS) is 10.3. The van der Waals surface area contributed by atoms with Crippen LogP contribution in [-0.2, 0) is 0 Å². The van der Waals surface area contributed by atoms with Crippen LogP contribution in [0.1, 0.15) is 5.82 Å². The molecule has 2 heterocycles. The number of aromatic nitrogens is 5. The van der Waals surface area contributed by atoms with Gasteiger partial charge in [0.05, 0.1) is 5.52 Å². The summed E-state index contributed by atoms with van der Waals surface area (Å²) in [7, 11) is 0. The third-order valence-corrected chi connectivity index (χ3v) is 4.24. The minimum atomic E-state index is 0.481. The van der Waals surface area contributed by atoms with Crippen LogP contribution in [0.4, 0.5) is 11.8 Å². The zero-order valence-corrected chi connectivity index (χ0v) is 17.9. The van der Waals surface area contributed by atoms with Crippen molar-refractivity contribution in [2.24, 2.45) is 0 Å². The zero-order chi connectivity index (χ0) is 18.5. The Bertz CT molecular complexity index is 1030. The number of rotatable bonds is 3. The highest BCUT2D eigenvalue weighted by Crippen LogP contribution is 2.30. The van der Waals surface area contributed by atoms with E-state index in [2.05, 4.69) is 64.0 Å². The molecule has 0 radical (unpaired) electrons. The molecule has 0 aliphatic rings. The number of benzene rings is 2. The molecule has 2 aromatic heterocycles. The summed E-state index contributed by atoms with van der Waals surface area (Å²) in [6.07, 6.45) is 0. The monoisotopic (exact) mass is 522 g/mol. The summed E-state index contributed by atoms with van der Waals surface area (Å²) in [5.74, 6) is 2.53. The predicted molar refractivity (Wildman–Crippen MR) is 117 cm³/mol. The van der Waals surface area contributed by atoms with Gasteiger partial charge in [-0.3, -0.25) is 5.10 Å². The highest BCUT2D eigenvalue weighted by Gasteiger charge is 2.12. The van der Waals surface area contributed by atoms with E-state index in [1.165, 1.54) is 0 Å². The largest absolute Gasteiger partial charge is 0.307 e. The van der Waals surface area contributed by atoms with E-state index in [0.29, 0.717) is 17.6 Å². The van der Waals surface area contributed by atoms with E-state index in [0.717, 1.165) is 26.8 Å². The van der Waals surface area contributed by atoms with Gasteiger partial charge in [-0.15, -0.1) is 5.10 Å². The Morgan fingerprint density at radius 3 is 2.42 bits per heavy atom. The smallest absolute Gasteiger partial charge is 0.247 e. The van der Waals surface area contributed by atoms with Gasteiger partial charge in [0.15, 0.2) is 5.82 Å². The van der Waals surface area contributed by atoms with Crippen molar-refractivity contribution in [2.75, 3.05) is 10.2 Å². The Hall–Kier alpha value is -2.07. The number of halogens is 2. The van der Waals surface area contributed by atoms with Crippen LogP contribution in [0.15, 0.2) is 53.0 Å². The molecule has 0 aliphatic heterocycles. The lowest BCUT2D eigenvalue weighted by Crippen LogP contribution is -2.00. The summed E-state index contributed by atoms with van der Waals surface area (Å²) in [5.41, 5.74) is 1.78. The maximum Gasteiger partial charge on any atom is 0.247 e. The number of para-hydroxylation sites is 1. The SMILES string of the molecule is CI.Cc1nc(Nc2nc(-c3ccccc3Br)nc3ccccc23)n[nH]1. The van der Waals surface area contributed by atoms with Crippen molar-refractivity contribution in [3.05, 3.63) is 58.8 Å². The van der Waals surface area contributed by atoms with E-state index in [4.69, 9.17) is 4.98 Å². The number of H-pyrrole nitrogens is 1. The van der Waals surface area contributed by atoms with Crippen LogP contribution in [0.3, 0.4) is 0 Å². The second kappa shape index (κ2) is 8.54. The van der Waals surface area contributed by atoms with Crippen molar-refractivity contribution < 1.29 is 0 Å². The number of aryl methyl sites for hydroxylation is 1. The molecular weight excluding hydrogens is 507 g/mol. The fraction of sp³-hybridized carbons (Fsp3) is 0.111. The predicted octanol–water partition coefficient (Wildman–Crippen LogP) is 5.28. The Morgan fingerprint density at radius 2 is 1.69 bits per heavy atom. The number of alkyl halides is 1. The molecule has 8 heteroatoms. The highest BCUT2D eigenvalue weighted by molar-refractivity contribution is 14.1. The summed E-state index contributed by atoms with van der Waals surface area (Å²) in [6, 6.07) is 15.7. The van der Waals surface area contributed by atoms with E-state index in [1.54, 1.807) is 0 Å².